The van der Waals surface area contributed by atoms with Crippen molar-refractivity contribution in [2.24, 2.45) is 10.7 Å². The predicted molar refractivity (Wildman–Crippen MR) is 95.3 cm³/mol. The second-order valence-electron chi connectivity index (χ2n) is 5.80. The Bertz CT molecular complexity index is 708. The lowest BCUT2D eigenvalue weighted by atomic mass is 10.1. The average Bonchev–Trinajstić information content (AvgIpc) is 2.61. The number of hydrogen-bond acceptors (Lipinski definition) is 4. The number of piperazine rings is 1. The third-order valence-corrected chi connectivity index (χ3v) is 4.45. The molecule has 2 heterocycles. The smallest absolute Gasteiger partial charge is 0.376 e. The second kappa shape index (κ2) is 6.91. The minimum Gasteiger partial charge on any atom is -0.376 e. The molecule has 0 saturated carbocycles. The summed E-state index contributed by atoms with van der Waals surface area (Å²) < 4.78 is 38.6. The molecule has 2 N–H and O–H groups in total. The van der Waals surface area contributed by atoms with E-state index in [9.17, 15) is 13.2 Å². The van der Waals surface area contributed by atoms with Crippen LogP contribution in [0.15, 0.2) is 41.5 Å². The monoisotopic (exact) mass is 369 g/mol. The highest BCUT2D eigenvalue weighted by molar-refractivity contribution is 7.80. The van der Waals surface area contributed by atoms with Crippen molar-refractivity contribution in [3.63, 3.8) is 0 Å². The van der Waals surface area contributed by atoms with Crippen LogP contribution >= 0.6 is 12.2 Å². The molecule has 1 aromatic rings. The van der Waals surface area contributed by atoms with Gasteiger partial charge in [-0.1, -0.05) is 6.07 Å². The maximum atomic E-state index is 12.9. The Morgan fingerprint density at radius 1 is 1.12 bits per heavy atom. The quantitative estimate of drug-likeness (QED) is 0.770. The van der Waals surface area contributed by atoms with Gasteiger partial charge in [0.15, 0.2) is 5.11 Å². The molecule has 2 aliphatic rings. The van der Waals surface area contributed by atoms with Crippen molar-refractivity contribution >= 4 is 28.9 Å². The van der Waals surface area contributed by atoms with Gasteiger partial charge in [0, 0.05) is 38.1 Å². The third-order valence-electron chi connectivity index (χ3n) is 4.21. The number of nitrogens with zero attached hydrogens (tertiary/aromatic N) is 4. The molecule has 0 amide bonds. The van der Waals surface area contributed by atoms with Gasteiger partial charge in [-0.25, -0.2) is 4.99 Å². The minimum atomic E-state index is -4.32. The standard InChI is InChI=1S/C16H18F3N5S/c17-16(18,19)12-2-1-3-13(10-12)22-6-8-23(9-7-22)14-4-5-24(11-21-14)15(20)25/h1-5,10H,6-9,11H2,(H2,20,25). The number of amidine groups is 1. The van der Waals surface area contributed by atoms with E-state index in [4.69, 9.17) is 18.0 Å². The first-order valence-corrected chi connectivity index (χ1v) is 8.21. The molecule has 0 radical (unpaired) electrons. The fraction of sp³-hybridized carbons (Fsp3) is 0.375. The van der Waals surface area contributed by atoms with E-state index in [1.54, 1.807) is 17.2 Å². The van der Waals surface area contributed by atoms with E-state index < -0.39 is 11.7 Å². The Kier molecular flexibility index (Phi) is 4.85. The van der Waals surface area contributed by atoms with E-state index in [0.717, 1.165) is 11.9 Å². The lowest BCUT2D eigenvalue weighted by molar-refractivity contribution is -0.137. The van der Waals surface area contributed by atoms with E-state index in [2.05, 4.69) is 9.89 Å². The van der Waals surface area contributed by atoms with Crippen molar-refractivity contribution in [3.05, 3.63) is 42.1 Å². The zero-order chi connectivity index (χ0) is 18.0. The Balaban J connectivity index is 1.61. The molecule has 2 aliphatic heterocycles. The highest BCUT2D eigenvalue weighted by Crippen LogP contribution is 2.31. The maximum absolute atomic E-state index is 12.9. The maximum Gasteiger partial charge on any atom is 0.416 e. The highest BCUT2D eigenvalue weighted by Gasteiger charge is 2.31. The largest absolute Gasteiger partial charge is 0.416 e. The average molecular weight is 369 g/mol. The van der Waals surface area contributed by atoms with Crippen LogP contribution in [-0.4, -0.2) is 53.6 Å². The molecule has 3 rings (SSSR count). The van der Waals surface area contributed by atoms with Gasteiger partial charge in [0.05, 0.1) is 5.56 Å². The van der Waals surface area contributed by atoms with Gasteiger partial charge in [0.25, 0.3) is 0 Å². The van der Waals surface area contributed by atoms with Crippen LogP contribution in [0.4, 0.5) is 18.9 Å². The number of alkyl halides is 3. The van der Waals surface area contributed by atoms with Gasteiger partial charge in [-0.15, -0.1) is 0 Å². The summed E-state index contributed by atoms with van der Waals surface area (Å²) >= 11 is 4.90. The molecule has 0 spiro atoms. The van der Waals surface area contributed by atoms with E-state index in [1.165, 1.54) is 12.1 Å². The van der Waals surface area contributed by atoms with Gasteiger partial charge in [-0.3, -0.25) is 0 Å². The molecule has 25 heavy (non-hydrogen) atoms. The van der Waals surface area contributed by atoms with Crippen molar-refractivity contribution in [2.75, 3.05) is 37.7 Å². The number of thiocarbonyl (C=S) groups is 1. The fourth-order valence-electron chi connectivity index (χ4n) is 2.83. The summed E-state index contributed by atoms with van der Waals surface area (Å²) in [5.41, 5.74) is 5.53. The highest BCUT2D eigenvalue weighted by atomic mass is 32.1. The Hall–Kier alpha value is -2.29. The zero-order valence-electron chi connectivity index (χ0n) is 13.4. The van der Waals surface area contributed by atoms with Gasteiger partial charge in [-0.05, 0) is 36.5 Å². The number of aliphatic imine (C=N–C) groups is 1. The Morgan fingerprint density at radius 2 is 1.80 bits per heavy atom. The summed E-state index contributed by atoms with van der Waals surface area (Å²) in [6.07, 6.45) is -0.679. The van der Waals surface area contributed by atoms with Gasteiger partial charge in [-0.2, -0.15) is 13.2 Å². The molecular weight excluding hydrogens is 351 g/mol. The van der Waals surface area contributed by atoms with Crippen LogP contribution in [0.25, 0.3) is 0 Å². The van der Waals surface area contributed by atoms with E-state index in [0.29, 0.717) is 38.5 Å². The van der Waals surface area contributed by atoms with Crippen molar-refractivity contribution in [1.29, 1.82) is 0 Å². The van der Waals surface area contributed by atoms with E-state index >= 15 is 0 Å². The van der Waals surface area contributed by atoms with Crippen LogP contribution < -0.4 is 10.6 Å². The number of halogens is 3. The number of anilines is 1. The van der Waals surface area contributed by atoms with Crippen LogP contribution in [-0.2, 0) is 6.18 Å². The van der Waals surface area contributed by atoms with Crippen LogP contribution in [0.1, 0.15) is 5.56 Å². The Morgan fingerprint density at radius 3 is 2.36 bits per heavy atom. The molecule has 0 aromatic heterocycles. The number of benzene rings is 1. The summed E-state index contributed by atoms with van der Waals surface area (Å²) in [6.45, 7) is 3.02. The lowest BCUT2D eigenvalue weighted by Crippen LogP contribution is -2.49. The fourth-order valence-corrected chi connectivity index (χ4v) is 2.94. The summed E-state index contributed by atoms with van der Waals surface area (Å²) in [7, 11) is 0. The lowest BCUT2D eigenvalue weighted by Gasteiger charge is -2.38. The molecule has 1 aromatic carbocycles. The molecule has 0 aliphatic carbocycles. The van der Waals surface area contributed by atoms with Gasteiger partial charge >= 0.3 is 6.18 Å². The minimum absolute atomic E-state index is 0.272. The first-order valence-electron chi connectivity index (χ1n) is 7.80. The van der Waals surface area contributed by atoms with Crippen molar-refractivity contribution in [1.82, 2.24) is 9.80 Å². The van der Waals surface area contributed by atoms with Crippen molar-refractivity contribution in [2.45, 2.75) is 6.18 Å². The van der Waals surface area contributed by atoms with Gasteiger partial charge in [0.2, 0.25) is 0 Å². The normalized spacial score (nSPS) is 18.4. The molecule has 0 atom stereocenters. The third kappa shape index (κ3) is 4.04. The summed E-state index contributed by atoms with van der Waals surface area (Å²) in [5.74, 6) is 0.844. The molecular formula is C16H18F3N5S. The first-order chi connectivity index (χ1) is 11.8. The molecule has 0 bridgehead atoms. The summed E-state index contributed by atoms with van der Waals surface area (Å²) in [6, 6.07) is 5.45. The van der Waals surface area contributed by atoms with Crippen LogP contribution in [0.2, 0.25) is 0 Å². The second-order valence-corrected chi connectivity index (χ2v) is 6.22. The van der Waals surface area contributed by atoms with Gasteiger partial charge < -0.3 is 20.4 Å². The Labute approximate surface area is 149 Å². The van der Waals surface area contributed by atoms with Crippen molar-refractivity contribution in [3.8, 4) is 0 Å². The molecule has 1 fully saturated rings. The summed E-state index contributed by atoms with van der Waals surface area (Å²) in [5, 5.41) is 0.272. The number of hydrogen-bond donors (Lipinski definition) is 1. The van der Waals surface area contributed by atoms with Crippen molar-refractivity contribution < 1.29 is 13.2 Å². The molecule has 1 saturated heterocycles. The zero-order valence-corrected chi connectivity index (χ0v) is 14.2. The molecule has 0 unspecified atom stereocenters. The van der Waals surface area contributed by atoms with Gasteiger partial charge in [0.1, 0.15) is 12.5 Å². The summed E-state index contributed by atoms with van der Waals surface area (Å²) in [4.78, 5) is 10.2. The predicted octanol–water partition coefficient (Wildman–Crippen LogP) is 2.26. The van der Waals surface area contributed by atoms with Crippen LogP contribution in [0, 0.1) is 0 Å². The van der Waals surface area contributed by atoms with E-state index in [1.807, 2.05) is 11.0 Å². The first kappa shape index (κ1) is 17.5. The van der Waals surface area contributed by atoms with Crippen LogP contribution in [0.3, 0.4) is 0 Å². The number of rotatable bonds is 1. The van der Waals surface area contributed by atoms with Crippen LogP contribution in [0.5, 0.6) is 0 Å². The SMILES string of the molecule is NC(=S)N1C=CC(N2CCN(c3cccc(C(F)(F)F)c3)CC2)=NC1. The molecule has 5 nitrogen and oxygen atoms in total. The topological polar surface area (TPSA) is 48.1 Å². The number of nitrogens with two attached hydrogens (primary N) is 1. The van der Waals surface area contributed by atoms with E-state index in [-0.39, 0.29) is 5.11 Å². The molecule has 134 valence electrons. The molecule has 9 heteroatoms.